The molecule has 0 saturated carbocycles. The van der Waals surface area contributed by atoms with E-state index in [0.29, 0.717) is 6.10 Å². The topological polar surface area (TPSA) is 38.5 Å². The third kappa shape index (κ3) is 2.25. The minimum atomic E-state index is 0.127. The van der Waals surface area contributed by atoms with Gasteiger partial charge < -0.3 is 15.4 Å². The monoisotopic (exact) mass is 246 g/mol. The Bertz CT molecular complexity index is 425. The summed E-state index contributed by atoms with van der Waals surface area (Å²) in [5.41, 5.74) is 10.0. The number of fused-ring (bicyclic) bond motifs is 1. The molecule has 2 atom stereocenters. The van der Waals surface area contributed by atoms with Crippen LogP contribution >= 0.6 is 0 Å². The summed E-state index contributed by atoms with van der Waals surface area (Å²) in [6.07, 6.45) is 4.01. The number of anilines is 1. The lowest BCUT2D eigenvalue weighted by Gasteiger charge is -2.23. The Balaban J connectivity index is 1.75. The fraction of sp³-hybridized carbons (Fsp3) is 0.600. The van der Waals surface area contributed by atoms with Crippen LogP contribution in [0.5, 0.6) is 0 Å². The maximum absolute atomic E-state index is 5.94. The van der Waals surface area contributed by atoms with Gasteiger partial charge in [0.15, 0.2) is 0 Å². The molecule has 2 aliphatic heterocycles. The smallest absolute Gasteiger partial charge is 0.0750 e. The summed E-state index contributed by atoms with van der Waals surface area (Å²) in [6, 6.07) is 6.80. The van der Waals surface area contributed by atoms with E-state index in [0.717, 1.165) is 26.1 Å². The molecule has 2 heterocycles. The molecule has 0 aliphatic carbocycles. The van der Waals surface area contributed by atoms with Crippen LogP contribution in [0.2, 0.25) is 0 Å². The molecular weight excluding hydrogens is 224 g/mol. The van der Waals surface area contributed by atoms with Gasteiger partial charge in [0.25, 0.3) is 0 Å². The first-order valence-electron chi connectivity index (χ1n) is 6.99. The van der Waals surface area contributed by atoms with Crippen molar-refractivity contribution in [1.29, 1.82) is 0 Å². The maximum Gasteiger partial charge on any atom is 0.0750 e. The molecule has 1 saturated heterocycles. The van der Waals surface area contributed by atoms with E-state index in [4.69, 9.17) is 10.5 Å². The Hall–Kier alpha value is -1.06. The van der Waals surface area contributed by atoms with Crippen molar-refractivity contribution in [3.05, 3.63) is 29.3 Å². The average molecular weight is 246 g/mol. The van der Waals surface area contributed by atoms with Crippen LogP contribution in [0.3, 0.4) is 0 Å². The molecule has 0 bridgehead atoms. The van der Waals surface area contributed by atoms with Crippen LogP contribution in [0.4, 0.5) is 5.69 Å². The minimum Gasteiger partial charge on any atom is -0.376 e. The highest BCUT2D eigenvalue weighted by Gasteiger charge is 2.24. The van der Waals surface area contributed by atoms with Crippen LogP contribution in [0, 0.1) is 0 Å². The Labute approximate surface area is 109 Å². The van der Waals surface area contributed by atoms with Crippen molar-refractivity contribution >= 4 is 5.69 Å². The first-order valence-corrected chi connectivity index (χ1v) is 6.99. The third-order valence-corrected chi connectivity index (χ3v) is 4.07. The summed E-state index contributed by atoms with van der Waals surface area (Å²) >= 11 is 0. The molecule has 3 heteroatoms. The second-order valence-electron chi connectivity index (χ2n) is 5.51. The van der Waals surface area contributed by atoms with E-state index in [1.165, 1.54) is 29.7 Å². The lowest BCUT2D eigenvalue weighted by Crippen LogP contribution is -2.30. The van der Waals surface area contributed by atoms with E-state index in [2.05, 4.69) is 23.1 Å². The largest absolute Gasteiger partial charge is 0.376 e. The summed E-state index contributed by atoms with van der Waals surface area (Å²) < 4.78 is 5.73. The van der Waals surface area contributed by atoms with Crippen molar-refractivity contribution in [2.24, 2.45) is 5.73 Å². The summed E-state index contributed by atoms with van der Waals surface area (Å²) in [4.78, 5) is 2.47. The summed E-state index contributed by atoms with van der Waals surface area (Å²) in [7, 11) is 0. The van der Waals surface area contributed by atoms with Gasteiger partial charge in [-0.05, 0) is 43.4 Å². The zero-order chi connectivity index (χ0) is 12.5. The first kappa shape index (κ1) is 12.0. The Morgan fingerprint density at radius 3 is 3.11 bits per heavy atom. The van der Waals surface area contributed by atoms with Gasteiger partial charge >= 0.3 is 0 Å². The van der Waals surface area contributed by atoms with Crippen LogP contribution in [0.25, 0.3) is 0 Å². The van der Waals surface area contributed by atoms with Crippen molar-refractivity contribution in [3.63, 3.8) is 0 Å². The Morgan fingerprint density at radius 2 is 2.39 bits per heavy atom. The van der Waals surface area contributed by atoms with Crippen molar-refractivity contribution in [2.75, 3.05) is 24.6 Å². The molecule has 0 radical (unpaired) electrons. The lowest BCUT2D eigenvalue weighted by molar-refractivity contribution is 0.116. The number of hydrogen-bond acceptors (Lipinski definition) is 3. The fourth-order valence-corrected chi connectivity index (χ4v) is 3.00. The number of ether oxygens (including phenoxy) is 1. The normalized spacial score (nSPS) is 24.3. The highest BCUT2D eigenvalue weighted by molar-refractivity contribution is 5.59. The number of hydrogen-bond donors (Lipinski definition) is 1. The van der Waals surface area contributed by atoms with Crippen molar-refractivity contribution in [2.45, 2.75) is 38.3 Å². The molecule has 1 aromatic carbocycles. The molecule has 18 heavy (non-hydrogen) atoms. The van der Waals surface area contributed by atoms with Gasteiger partial charge in [0.05, 0.1) is 6.10 Å². The van der Waals surface area contributed by atoms with Gasteiger partial charge in [0.1, 0.15) is 0 Å². The van der Waals surface area contributed by atoms with E-state index in [1.54, 1.807) is 0 Å². The molecule has 1 fully saturated rings. The van der Waals surface area contributed by atoms with Crippen molar-refractivity contribution in [1.82, 2.24) is 0 Å². The molecule has 0 amide bonds. The second kappa shape index (κ2) is 4.90. The molecule has 2 aliphatic rings. The van der Waals surface area contributed by atoms with Crippen LogP contribution < -0.4 is 10.6 Å². The van der Waals surface area contributed by atoms with Crippen LogP contribution in [-0.4, -0.2) is 25.8 Å². The van der Waals surface area contributed by atoms with E-state index < -0.39 is 0 Å². The predicted octanol–water partition coefficient (Wildman–Crippen LogP) is 2.25. The van der Waals surface area contributed by atoms with Gasteiger partial charge in [0.2, 0.25) is 0 Å². The molecule has 1 aromatic rings. The molecule has 2 N–H and O–H groups in total. The van der Waals surface area contributed by atoms with Crippen LogP contribution in [-0.2, 0) is 11.2 Å². The summed E-state index contributed by atoms with van der Waals surface area (Å²) in [6.45, 7) is 5.15. The van der Waals surface area contributed by atoms with E-state index in [1.807, 2.05) is 6.92 Å². The van der Waals surface area contributed by atoms with Gasteiger partial charge in [-0.3, -0.25) is 0 Å². The van der Waals surface area contributed by atoms with Gasteiger partial charge in [0, 0.05) is 31.4 Å². The van der Waals surface area contributed by atoms with E-state index in [-0.39, 0.29) is 6.04 Å². The van der Waals surface area contributed by atoms with Crippen molar-refractivity contribution < 1.29 is 4.74 Å². The summed E-state index contributed by atoms with van der Waals surface area (Å²) in [5.74, 6) is 0. The van der Waals surface area contributed by atoms with Gasteiger partial charge in [-0.25, -0.2) is 0 Å². The number of rotatable bonds is 3. The van der Waals surface area contributed by atoms with E-state index >= 15 is 0 Å². The molecule has 98 valence electrons. The third-order valence-electron chi connectivity index (χ3n) is 4.07. The van der Waals surface area contributed by atoms with Crippen molar-refractivity contribution in [3.8, 4) is 0 Å². The molecule has 0 spiro atoms. The average Bonchev–Trinajstić information content (AvgIpc) is 2.99. The number of benzene rings is 1. The molecular formula is C15H22N2O. The molecule has 0 aromatic heterocycles. The minimum absolute atomic E-state index is 0.127. The number of nitrogens with zero attached hydrogens (tertiary/aromatic N) is 1. The zero-order valence-electron chi connectivity index (χ0n) is 11.1. The number of nitrogens with two attached hydrogens (primary N) is 1. The van der Waals surface area contributed by atoms with E-state index in [9.17, 15) is 0 Å². The lowest BCUT2D eigenvalue weighted by atomic mass is 10.0. The second-order valence-corrected chi connectivity index (χ2v) is 5.51. The maximum atomic E-state index is 5.94. The van der Waals surface area contributed by atoms with Gasteiger partial charge in [-0.1, -0.05) is 12.1 Å². The summed E-state index contributed by atoms with van der Waals surface area (Å²) in [5, 5.41) is 0. The van der Waals surface area contributed by atoms with Gasteiger partial charge in [-0.15, -0.1) is 0 Å². The first-order chi connectivity index (χ1) is 8.74. The highest BCUT2D eigenvalue weighted by Crippen LogP contribution is 2.31. The Kier molecular flexibility index (Phi) is 3.27. The zero-order valence-corrected chi connectivity index (χ0v) is 11.1. The molecule has 3 nitrogen and oxygen atoms in total. The highest BCUT2D eigenvalue weighted by atomic mass is 16.5. The SMILES string of the molecule is CC(N)c1ccc2c(c1)CCN2CC1CCCO1. The molecule has 2 unspecified atom stereocenters. The molecule has 3 rings (SSSR count). The van der Waals surface area contributed by atoms with Crippen LogP contribution in [0.1, 0.15) is 36.9 Å². The standard InChI is InChI=1S/C15H22N2O/c1-11(16)12-4-5-15-13(9-12)6-7-17(15)10-14-3-2-8-18-14/h4-5,9,11,14H,2-3,6-8,10,16H2,1H3. The predicted molar refractivity (Wildman–Crippen MR) is 73.9 cm³/mol. The quantitative estimate of drug-likeness (QED) is 0.889. The van der Waals surface area contributed by atoms with Gasteiger partial charge in [-0.2, -0.15) is 0 Å². The van der Waals surface area contributed by atoms with Crippen LogP contribution in [0.15, 0.2) is 18.2 Å². The fourth-order valence-electron chi connectivity index (χ4n) is 3.00. The Morgan fingerprint density at radius 1 is 1.50 bits per heavy atom.